The zero-order valence-electron chi connectivity index (χ0n) is 18.4. The fraction of sp³-hybridized carbons (Fsp3) is 0.261. The number of nitrogens with one attached hydrogen (secondary N) is 3. The van der Waals surface area contributed by atoms with Crippen LogP contribution in [0.25, 0.3) is 11.1 Å². The van der Waals surface area contributed by atoms with Crippen molar-refractivity contribution in [3.05, 3.63) is 63.2 Å². The van der Waals surface area contributed by atoms with Gasteiger partial charge in [0.05, 0.1) is 11.7 Å². The number of aromatic nitrogens is 3. The standard InChI is InChI=1S/C23H25ClN6O2/c1-5-30(6-2)19-11-16(9-13(3)14(19)4)27-22-25-12-17(24)21(29-22)26-15-7-8-20-18(10-15)28-23(31)32-20/h7-12H,5-6H2,1-4H3,(H,28,31)(H2,25,26,27,29). The highest BCUT2D eigenvalue weighted by molar-refractivity contribution is 6.32. The van der Waals surface area contributed by atoms with Crippen LogP contribution in [-0.2, 0) is 0 Å². The summed E-state index contributed by atoms with van der Waals surface area (Å²) in [5, 5.41) is 6.84. The Balaban J connectivity index is 1.62. The first-order valence-corrected chi connectivity index (χ1v) is 10.8. The van der Waals surface area contributed by atoms with Gasteiger partial charge in [0.2, 0.25) is 5.95 Å². The first-order valence-electron chi connectivity index (χ1n) is 10.4. The molecule has 0 aliphatic heterocycles. The van der Waals surface area contributed by atoms with Gasteiger partial charge in [0, 0.05) is 30.2 Å². The average Bonchev–Trinajstić information content (AvgIpc) is 3.14. The van der Waals surface area contributed by atoms with E-state index in [-0.39, 0.29) is 0 Å². The Morgan fingerprint density at radius 1 is 1.09 bits per heavy atom. The molecule has 2 aromatic heterocycles. The van der Waals surface area contributed by atoms with E-state index in [0.29, 0.717) is 33.6 Å². The molecule has 0 saturated carbocycles. The van der Waals surface area contributed by atoms with Crippen LogP contribution in [0, 0.1) is 13.8 Å². The van der Waals surface area contributed by atoms with E-state index in [1.807, 2.05) is 0 Å². The molecule has 32 heavy (non-hydrogen) atoms. The number of aromatic amines is 1. The van der Waals surface area contributed by atoms with Crippen molar-refractivity contribution >= 4 is 51.5 Å². The van der Waals surface area contributed by atoms with Crippen LogP contribution in [0.3, 0.4) is 0 Å². The maximum absolute atomic E-state index is 11.4. The van der Waals surface area contributed by atoms with E-state index < -0.39 is 5.76 Å². The van der Waals surface area contributed by atoms with Crippen LogP contribution in [-0.4, -0.2) is 28.0 Å². The highest BCUT2D eigenvalue weighted by atomic mass is 35.5. The van der Waals surface area contributed by atoms with Crippen LogP contribution in [0.1, 0.15) is 25.0 Å². The molecule has 0 atom stereocenters. The molecule has 0 saturated heterocycles. The minimum absolute atomic E-state index is 0.375. The molecule has 0 aliphatic carbocycles. The third-order valence-electron chi connectivity index (χ3n) is 5.43. The number of hydrogen-bond donors (Lipinski definition) is 3. The van der Waals surface area contributed by atoms with Crippen LogP contribution < -0.4 is 21.3 Å². The lowest BCUT2D eigenvalue weighted by atomic mass is 10.1. The number of nitrogens with zero attached hydrogens (tertiary/aromatic N) is 3. The van der Waals surface area contributed by atoms with Gasteiger partial charge in [0.15, 0.2) is 11.4 Å². The minimum Gasteiger partial charge on any atom is -0.408 e. The molecule has 2 heterocycles. The Bertz CT molecular complexity index is 1330. The molecule has 4 aromatic rings. The molecular weight excluding hydrogens is 428 g/mol. The van der Waals surface area contributed by atoms with E-state index >= 15 is 0 Å². The topological polar surface area (TPSA) is 99.1 Å². The van der Waals surface area contributed by atoms with Crippen molar-refractivity contribution in [2.45, 2.75) is 27.7 Å². The van der Waals surface area contributed by atoms with Crippen molar-refractivity contribution in [3.8, 4) is 0 Å². The number of fused-ring (bicyclic) bond motifs is 1. The van der Waals surface area contributed by atoms with Gasteiger partial charge in [0.25, 0.3) is 0 Å². The Hall–Kier alpha value is -3.52. The summed E-state index contributed by atoms with van der Waals surface area (Å²) in [6.07, 6.45) is 1.55. The van der Waals surface area contributed by atoms with Crippen molar-refractivity contribution in [1.29, 1.82) is 0 Å². The second-order valence-corrected chi connectivity index (χ2v) is 7.88. The molecule has 0 amide bonds. The zero-order valence-corrected chi connectivity index (χ0v) is 19.2. The van der Waals surface area contributed by atoms with Gasteiger partial charge in [-0.15, -0.1) is 0 Å². The number of oxazole rings is 1. The summed E-state index contributed by atoms with van der Waals surface area (Å²) in [6.45, 7) is 10.4. The summed E-state index contributed by atoms with van der Waals surface area (Å²) in [4.78, 5) is 25.2. The van der Waals surface area contributed by atoms with E-state index in [4.69, 9.17) is 16.0 Å². The van der Waals surface area contributed by atoms with Crippen molar-refractivity contribution in [2.24, 2.45) is 0 Å². The van der Waals surface area contributed by atoms with Gasteiger partial charge >= 0.3 is 5.76 Å². The maximum Gasteiger partial charge on any atom is 0.417 e. The molecule has 3 N–H and O–H groups in total. The number of hydrogen-bond acceptors (Lipinski definition) is 7. The summed E-state index contributed by atoms with van der Waals surface area (Å²) in [7, 11) is 0. The average molecular weight is 453 g/mol. The van der Waals surface area contributed by atoms with Gasteiger partial charge in [-0.1, -0.05) is 11.6 Å². The van der Waals surface area contributed by atoms with Gasteiger partial charge in [-0.25, -0.2) is 9.78 Å². The predicted octanol–water partition coefficient (Wildman–Crippen LogP) is 5.51. The molecule has 166 valence electrons. The van der Waals surface area contributed by atoms with Crippen LogP contribution in [0.4, 0.5) is 28.8 Å². The van der Waals surface area contributed by atoms with E-state index in [0.717, 1.165) is 18.8 Å². The highest BCUT2D eigenvalue weighted by Gasteiger charge is 2.12. The SMILES string of the molecule is CCN(CC)c1cc(Nc2ncc(Cl)c(Nc3ccc4oc(=O)[nH]c4c3)n2)cc(C)c1C. The molecule has 0 fully saturated rings. The van der Waals surface area contributed by atoms with Gasteiger partial charge in [-0.3, -0.25) is 4.98 Å². The molecule has 2 aromatic carbocycles. The fourth-order valence-electron chi connectivity index (χ4n) is 3.62. The van der Waals surface area contributed by atoms with Gasteiger partial charge in [-0.2, -0.15) is 4.98 Å². The molecule has 0 aliphatic rings. The first-order chi connectivity index (χ1) is 15.4. The number of H-pyrrole nitrogens is 1. The molecule has 0 spiro atoms. The number of halogens is 1. The van der Waals surface area contributed by atoms with Crippen molar-refractivity contribution in [2.75, 3.05) is 28.6 Å². The van der Waals surface area contributed by atoms with Crippen LogP contribution in [0.2, 0.25) is 5.02 Å². The Morgan fingerprint density at radius 2 is 1.88 bits per heavy atom. The summed E-state index contributed by atoms with van der Waals surface area (Å²) < 4.78 is 5.04. The Morgan fingerprint density at radius 3 is 2.62 bits per heavy atom. The molecule has 0 radical (unpaired) electrons. The smallest absolute Gasteiger partial charge is 0.408 e. The lowest BCUT2D eigenvalue weighted by Crippen LogP contribution is -2.23. The summed E-state index contributed by atoms with van der Waals surface area (Å²) in [5.74, 6) is 0.367. The van der Waals surface area contributed by atoms with Crippen LogP contribution in [0.15, 0.2) is 45.7 Å². The third-order valence-corrected chi connectivity index (χ3v) is 5.70. The van der Waals surface area contributed by atoms with Crippen molar-refractivity contribution < 1.29 is 4.42 Å². The highest BCUT2D eigenvalue weighted by Crippen LogP contribution is 2.30. The Kier molecular flexibility index (Phi) is 6.05. The number of anilines is 5. The number of rotatable bonds is 7. The van der Waals surface area contributed by atoms with Crippen LogP contribution in [0.5, 0.6) is 0 Å². The monoisotopic (exact) mass is 452 g/mol. The summed E-state index contributed by atoms with van der Waals surface area (Å²) in [6, 6.07) is 9.43. The minimum atomic E-state index is -0.499. The largest absolute Gasteiger partial charge is 0.417 e. The van der Waals surface area contributed by atoms with E-state index in [1.54, 1.807) is 24.4 Å². The van der Waals surface area contributed by atoms with E-state index in [1.165, 1.54) is 16.8 Å². The zero-order chi connectivity index (χ0) is 22.8. The van der Waals surface area contributed by atoms with Crippen LogP contribution >= 0.6 is 11.6 Å². The van der Waals surface area contributed by atoms with Crippen molar-refractivity contribution in [3.63, 3.8) is 0 Å². The Labute approximate surface area is 190 Å². The third kappa shape index (κ3) is 4.40. The van der Waals surface area contributed by atoms with Gasteiger partial charge in [-0.05, 0) is 69.2 Å². The molecule has 4 rings (SSSR count). The quantitative estimate of drug-likeness (QED) is 0.339. The lowest BCUT2D eigenvalue weighted by Gasteiger charge is -2.25. The van der Waals surface area contributed by atoms with E-state index in [2.05, 4.69) is 70.3 Å². The maximum atomic E-state index is 11.4. The summed E-state index contributed by atoms with van der Waals surface area (Å²) in [5.41, 5.74) is 6.31. The van der Waals surface area contributed by atoms with E-state index in [9.17, 15) is 4.79 Å². The predicted molar refractivity (Wildman–Crippen MR) is 130 cm³/mol. The number of benzene rings is 2. The summed E-state index contributed by atoms with van der Waals surface area (Å²) >= 11 is 6.32. The van der Waals surface area contributed by atoms with Gasteiger partial charge < -0.3 is 20.0 Å². The molecule has 0 bridgehead atoms. The molecular formula is C23H25ClN6O2. The lowest BCUT2D eigenvalue weighted by molar-refractivity contribution is 0.555. The van der Waals surface area contributed by atoms with Gasteiger partial charge in [0.1, 0.15) is 5.02 Å². The molecule has 9 heteroatoms. The molecule has 8 nitrogen and oxygen atoms in total. The fourth-order valence-corrected chi connectivity index (χ4v) is 3.75. The first kappa shape index (κ1) is 21.7. The number of aryl methyl sites for hydroxylation is 1. The van der Waals surface area contributed by atoms with Crippen molar-refractivity contribution in [1.82, 2.24) is 15.0 Å². The second-order valence-electron chi connectivity index (χ2n) is 7.48. The second kappa shape index (κ2) is 8.92. The molecule has 0 unspecified atom stereocenters. The normalized spacial score (nSPS) is 11.0.